The summed E-state index contributed by atoms with van der Waals surface area (Å²) in [6.45, 7) is 0. The molecule has 4 rings (SSSR count). The summed E-state index contributed by atoms with van der Waals surface area (Å²) in [5.41, 5.74) is 1.29. The fourth-order valence-electron chi connectivity index (χ4n) is 2.46. The van der Waals surface area contributed by atoms with Gasteiger partial charge in [-0.2, -0.15) is 4.52 Å². The van der Waals surface area contributed by atoms with E-state index in [1.807, 2.05) is 24.3 Å². The lowest BCUT2D eigenvalue weighted by Gasteiger charge is -2.08. The van der Waals surface area contributed by atoms with E-state index in [2.05, 4.69) is 35.9 Å². The van der Waals surface area contributed by atoms with E-state index < -0.39 is 10.0 Å². The SMILES string of the molecule is O=S(=O)(Nc1ccc2nnc(-c3cccc(Br)c3)n2n1)c1ccc(Cl)cc1. The molecule has 0 saturated heterocycles. The van der Waals surface area contributed by atoms with E-state index in [0.717, 1.165) is 10.0 Å². The smallest absolute Gasteiger partial charge is 0.262 e. The van der Waals surface area contributed by atoms with Crippen molar-refractivity contribution in [3.05, 3.63) is 70.2 Å². The maximum atomic E-state index is 12.5. The van der Waals surface area contributed by atoms with E-state index >= 15 is 0 Å². The van der Waals surface area contributed by atoms with Crippen molar-refractivity contribution in [2.24, 2.45) is 0 Å². The standard InChI is InChI=1S/C17H11BrClN5O2S/c18-12-3-1-2-11(10-12)17-21-20-16-9-8-15(22-24(16)17)23-27(25,26)14-6-4-13(19)5-7-14/h1-10H,(H,22,23). The first-order chi connectivity index (χ1) is 12.9. The molecule has 1 N–H and O–H groups in total. The van der Waals surface area contributed by atoms with Gasteiger partial charge in [-0.1, -0.05) is 39.7 Å². The molecule has 27 heavy (non-hydrogen) atoms. The Balaban J connectivity index is 1.73. The number of nitrogens with zero attached hydrogens (tertiary/aromatic N) is 4. The van der Waals surface area contributed by atoms with Crippen LogP contribution in [-0.2, 0) is 10.0 Å². The number of hydrogen-bond donors (Lipinski definition) is 1. The largest absolute Gasteiger partial charge is 0.263 e. The van der Waals surface area contributed by atoms with Gasteiger partial charge in [0, 0.05) is 15.1 Å². The second-order valence-electron chi connectivity index (χ2n) is 5.58. The van der Waals surface area contributed by atoms with E-state index in [1.54, 1.807) is 6.07 Å². The number of fused-ring (bicyclic) bond motifs is 1. The fraction of sp³-hybridized carbons (Fsp3) is 0. The minimum atomic E-state index is -3.80. The zero-order valence-corrected chi connectivity index (χ0v) is 16.7. The summed E-state index contributed by atoms with van der Waals surface area (Å²) < 4.78 is 29.9. The maximum Gasteiger partial charge on any atom is 0.263 e. The molecule has 0 spiro atoms. The van der Waals surface area contributed by atoms with Crippen LogP contribution in [0.4, 0.5) is 5.82 Å². The third-order valence-corrected chi connectivity index (χ3v) is 5.82. The Morgan fingerprint density at radius 1 is 1.00 bits per heavy atom. The number of nitrogens with one attached hydrogen (secondary N) is 1. The topological polar surface area (TPSA) is 89.2 Å². The molecule has 0 radical (unpaired) electrons. The van der Waals surface area contributed by atoms with E-state index in [4.69, 9.17) is 11.6 Å². The number of hydrogen-bond acceptors (Lipinski definition) is 5. The van der Waals surface area contributed by atoms with Crippen molar-refractivity contribution in [1.82, 2.24) is 19.8 Å². The van der Waals surface area contributed by atoms with Gasteiger partial charge in [0.1, 0.15) is 0 Å². The van der Waals surface area contributed by atoms with E-state index in [9.17, 15) is 8.42 Å². The van der Waals surface area contributed by atoms with Crippen LogP contribution in [-0.4, -0.2) is 28.2 Å². The van der Waals surface area contributed by atoms with Crippen LogP contribution < -0.4 is 4.72 Å². The minimum absolute atomic E-state index is 0.0877. The van der Waals surface area contributed by atoms with Gasteiger partial charge in [0.2, 0.25) is 0 Å². The zero-order valence-electron chi connectivity index (χ0n) is 13.5. The molecule has 0 bridgehead atoms. The Kier molecular flexibility index (Phi) is 4.58. The minimum Gasteiger partial charge on any atom is -0.262 e. The molecule has 0 aliphatic heterocycles. The molecule has 0 aliphatic rings. The van der Waals surface area contributed by atoms with E-state index in [0.29, 0.717) is 16.5 Å². The van der Waals surface area contributed by atoms with Crippen molar-refractivity contribution in [3.63, 3.8) is 0 Å². The molecule has 2 aromatic carbocycles. The third kappa shape index (κ3) is 3.66. The Morgan fingerprint density at radius 3 is 2.52 bits per heavy atom. The van der Waals surface area contributed by atoms with Gasteiger partial charge in [0.15, 0.2) is 17.3 Å². The first kappa shape index (κ1) is 17.9. The Morgan fingerprint density at radius 2 is 1.78 bits per heavy atom. The van der Waals surface area contributed by atoms with Crippen molar-refractivity contribution in [1.29, 1.82) is 0 Å². The summed E-state index contributed by atoms with van der Waals surface area (Å²) in [6.07, 6.45) is 0. The molecule has 2 heterocycles. The Bertz CT molecular complexity index is 1240. The number of halogens is 2. The highest BCUT2D eigenvalue weighted by molar-refractivity contribution is 9.10. The lowest BCUT2D eigenvalue weighted by atomic mass is 10.2. The molecule has 0 aliphatic carbocycles. The molecule has 136 valence electrons. The summed E-state index contributed by atoms with van der Waals surface area (Å²) in [5, 5.41) is 13.0. The number of benzene rings is 2. The number of aromatic nitrogens is 4. The average molecular weight is 465 g/mol. The highest BCUT2D eigenvalue weighted by Crippen LogP contribution is 2.23. The summed E-state index contributed by atoms with van der Waals surface area (Å²) in [6, 6.07) is 16.6. The van der Waals surface area contributed by atoms with Gasteiger partial charge in [-0.25, -0.2) is 8.42 Å². The molecule has 0 fully saturated rings. The van der Waals surface area contributed by atoms with Gasteiger partial charge in [-0.3, -0.25) is 4.72 Å². The number of sulfonamides is 1. The van der Waals surface area contributed by atoms with Crippen LogP contribution in [0.3, 0.4) is 0 Å². The Labute approximate surface area is 168 Å². The van der Waals surface area contributed by atoms with Gasteiger partial charge in [-0.15, -0.1) is 15.3 Å². The number of anilines is 1. The van der Waals surface area contributed by atoms with Crippen molar-refractivity contribution in [2.45, 2.75) is 4.90 Å². The normalized spacial score (nSPS) is 11.6. The average Bonchev–Trinajstić information content (AvgIpc) is 3.05. The predicted octanol–water partition coefficient (Wildman–Crippen LogP) is 4.01. The summed E-state index contributed by atoms with van der Waals surface area (Å²) in [5.74, 6) is 0.646. The van der Waals surface area contributed by atoms with Crippen LogP contribution >= 0.6 is 27.5 Å². The molecule has 0 unspecified atom stereocenters. The van der Waals surface area contributed by atoms with Crippen LogP contribution in [0.25, 0.3) is 17.0 Å². The first-order valence-electron chi connectivity index (χ1n) is 7.69. The molecule has 0 saturated carbocycles. The monoisotopic (exact) mass is 463 g/mol. The summed E-state index contributed by atoms with van der Waals surface area (Å²) >= 11 is 9.23. The van der Waals surface area contributed by atoms with Crippen LogP contribution in [0.5, 0.6) is 0 Å². The zero-order chi connectivity index (χ0) is 19.0. The van der Waals surface area contributed by atoms with Crippen molar-refractivity contribution < 1.29 is 8.42 Å². The first-order valence-corrected chi connectivity index (χ1v) is 10.3. The van der Waals surface area contributed by atoms with Crippen molar-refractivity contribution in [2.75, 3.05) is 4.72 Å². The number of rotatable bonds is 4. The molecular weight excluding hydrogens is 454 g/mol. The van der Waals surface area contributed by atoms with Gasteiger partial charge in [0.25, 0.3) is 10.0 Å². The van der Waals surface area contributed by atoms with Gasteiger partial charge >= 0.3 is 0 Å². The predicted molar refractivity (Wildman–Crippen MR) is 106 cm³/mol. The van der Waals surface area contributed by atoms with Crippen molar-refractivity contribution in [3.8, 4) is 11.4 Å². The quantitative estimate of drug-likeness (QED) is 0.493. The lowest BCUT2D eigenvalue weighted by molar-refractivity contribution is 0.601. The van der Waals surface area contributed by atoms with Crippen LogP contribution in [0.2, 0.25) is 5.02 Å². The summed E-state index contributed by atoms with van der Waals surface area (Å²) in [4.78, 5) is 0.0877. The van der Waals surface area contributed by atoms with Crippen LogP contribution in [0.15, 0.2) is 70.0 Å². The second kappa shape index (κ2) is 6.91. The van der Waals surface area contributed by atoms with Crippen LogP contribution in [0, 0.1) is 0 Å². The highest BCUT2D eigenvalue weighted by atomic mass is 79.9. The lowest BCUT2D eigenvalue weighted by Crippen LogP contribution is -2.14. The van der Waals surface area contributed by atoms with E-state index in [1.165, 1.54) is 34.8 Å². The second-order valence-corrected chi connectivity index (χ2v) is 8.62. The summed E-state index contributed by atoms with van der Waals surface area (Å²) in [7, 11) is -3.80. The van der Waals surface area contributed by atoms with Crippen LogP contribution in [0.1, 0.15) is 0 Å². The maximum absolute atomic E-state index is 12.5. The van der Waals surface area contributed by atoms with E-state index in [-0.39, 0.29) is 10.7 Å². The Hall–Kier alpha value is -2.49. The van der Waals surface area contributed by atoms with Gasteiger partial charge in [-0.05, 0) is 48.5 Å². The highest BCUT2D eigenvalue weighted by Gasteiger charge is 2.16. The molecular formula is C17H11BrClN5O2S. The third-order valence-electron chi connectivity index (χ3n) is 3.71. The molecule has 10 heteroatoms. The molecule has 4 aromatic rings. The van der Waals surface area contributed by atoms with Crippen molar-refractivity contribution >= 4 is 49.0 Å². The molecule has 0 atom stereocenters. The van der Waals surface area contributed by atoms with Gasteiger partial charge < -0.3 is 0 Å². The molecule has 2 aromatic heterocycles. The van der Waals surface area contributed by atoms with Gasteiger partial charge in [0.05, 0.1) is 4.90 Å². The molecule has 7 nitrogen and oxygen atoms in total. The molecule has 0 amide bonds. The fourth-order valence-corrected chi connectivity index (χ4v) is 3.98.